The number of ether oxygens (including phenoxy) is 8. The number of rotatable bonds is 11. The van der Waals surface area contributed by atoms with Crippen molar-refractivity contribution in [1.29, 1.82) is 0 Å². The molecule has 2 aliphatic heterocycles. The van der Waals surface area contributed by atoms with Crippen LogP contribution in [0.1, 0.15) is 49.3 Å². The van der Waals surface area contributed by atoms with Gasteiger partial charge >= 0.3 is 0 Å². The lowest BCUT2D eigenvalue weighted by Gasteiger charge is -2.26. The van der Waals surface area contributed by atoms with Crippen LogP contribution >= 0.6 is 11.6 Å². The van der Waals surface area contributed by atoms with Crippen molar-refractivity contribution in [2.75, 3.05) is 54.9 Å². The number of terminal acetylenes is 1. The SMILES string of the molecule is C#Cc1ccccc1.COc1ccccc1C1(C#Cc2ccccc2)OCCO1.COc1ccccc1C1(C(=O)C(=O)c2ccccc2)OCCO1.COc1ccccc1CC#Cc1ccccc1.COc1ccccc1CCl. The third-order valence-corrected chi connectivity index (χ3v) is 12.0. The number of methoxy groups -OCH3 is 4. The molecule has 0 saturated carbocycles. The zero-order valence-electron chi connectivity index (χ0n) is 44.6. The normalized spacial score (nSPS) is 12.9. The third-order valence-electron chi connectivity index (χ3n) is 11.8. The van der Waals surface area contributed by atoms with Crippen LogP contribution in [-0.4, -0.2) is 66.4 Å². The quantitative estimate of drug-likeness (QED) is 0.0538. The monoisotopic (exact) mass is 1070 g/mol. The Labute approximate surface area is 469 Å². The molecular weight excluding hydrogens is 1010 g/mol. The average molecular weight is 1070 g/mol. The molecule has 2 aliphatic rings. The van der Waals surface area contributed by atoms with E-state index >= 15 is 0 Å². The first-order valence-corrected chi connectivity index (χ1v) is 25.7. The Morgan fingerprint density at radius 3 is 1.34 bits per heavy atom. The van der Waals surface area contributed by atoms with Crippen molar-refractivity contribution in [2.45, 2.75) is 23.9 Å². The first-order valence-electron chi connectivity index (χ1n) is 25.1. The molecule has 10 rings (SSSR count). The van der Waals surface area contributed by atoms with Gasteiger partial charge < -0.3 is 37.9 Å². The summed E-state index contributed by atoms with van der Waals surface area (Å²) in [6.07, 6.45) is 5.81. The first-order chi connectivity index (χ1) is 38.7. The number of hydrogen-bond acceptors (Lipinski definition) is 10. The Kier molecular flexibility index (Phi) is 24.0. The molecule has 2 fully saturated rings. The van der Waals surface area contributed by atoms with Gasteiger partial charge in [-0.3, -0.25) is 9.59 Å². The van der Waals surface area contributed by atoms with E-state index in [2.05, 4.69) is 29.6 Å². The average Bonchev–Trinajstić information content (AvgIpc) is 4.45. The minimum absolute atomic E-state index is 0.228. The van der Waals surface area contributed by atoms with Gasteiger partial charge in [0.2, 0.25) is 5.78 Å². The Balaban J connectivity index is 0.000000167. The molecule has 0 spiro atoms. The maximum Gasteiger partial charge on any atom is 0.268 e. The maximum atomic E-state index is 12.9. The van der Waals surface area contributed by atoms with Crippen molar-refractivity contribution < 1.29 is 47.5 Å². The highest BCUT2D eigenvalue weighted by Gasteiger charge is 2.51. The number of halogens is 1. The van der Waals surface area contributed by atoms with Gasteiger partial charge in [0.05, 0.1) is 71.9 Å². The van der Waals surface area contributed by atoms with E-state index in [1.807, 2.05) is 164 Å². The van der Waals surface area contributed by atoms with Crippen LogP contribution in [0.25, 0.3) is 0 Å². The predicted molar refractivity (Wildman–Crippen MR) is 309 cm³/mol. The molecule has 0 aromatic heterocycles. The summed E-state index contributed by atoms with van der Waals surface area (Å²) < 4.78 is 43.9. The van der Waals surface area contributed by atoms with E-state index in [-0.39, 0.29) is 13.2 Å². The first kappa shape index (κ1) is 59.4. The molecule has 79 heavy (non-hydrogen) atoms. The van der Waals surface area contributed by atoms with E-state index in [1.165, 1.54) is 7.11 Å². The Bertz CT molecular complexity index is 3280. The highest BCUT2D eigenvalue weighted by atomic mass is 35.5. The molecule has 8 aromatic carbocycles. The summed E-state index contributed by atoms with van der Waals surface area (Å²) in [5.41, 5.74) is 6.56. The second kappa shape index (κ2) is 32.0. The van der Waals surface area contributed by atoms with Crippen molar-refractivity contribution in [1.82, 2.24) is 0 Å². The molecule has 0 aliphatic carbocycles. The molecule has 400 valence electrons. The molecular formula is C68H61ClO10. The third kappa shape index (κ3) is 17.1. The summed E-state index contributed by atoms with van der Waals surface area (Å²) in [6, 6.07) is 67.9. The number of carbonyl (C=O) groups is 2. The van der Waals surface area contributed by atoms with E-state index in [0.29, 0.717) is 48.1 Å². The standard InChI is InChI=1S/C18H16O5.C18H16O3.C16H14O.C8H9ClO.C8H6/c1-21-15-10-6-5-9-14(15)18(22-11-12-23-18)17(20)16(19)13-7-3-2-4-8-13;1-19-17-10-6-5-9-16(17)18(20-13-14-21-18)12-11-15-7-3-2-4-8-15;1-17-16-13-6-5-11-15(16)12-7-10-14-8-3-2-4-9-14;1-10-8-5-3-2-4-7(8)6-9;1-2-8-6-4-3-5-7-8/h2-10H,11-12H2,1H3;2-10H,13-14H2,1H3;2-6,8-9,11,13H,12H2,1H3;2-5H,6H2,1H3;1,3-7H. The molecule has 0 radical (unpaired) electrons. The zero-order valence-corrected chi connectivity index (χ0v) is 45.3. The van der Waals surface area contributed by atoms with E-state index < -0.39 is 23.1 Å². The molecule has 11 heteroatoms. The molecule has 0 amide bonds. The molecule has 0 unspecified atom stereocenters. The number of Topliss-reactive ketones (excluding diaryl/α,β-unsaturated/α-hetero) is 2. The van der Waals surface area contributed by atoms with Crippen LogP contribution in [0.15, 0.2) is 218 Å². The van der Waals surface area contributed by atoms with Crippen molar-refractivity contribution in [3.8, 4) is 59.0 Å². The number of benzene rings is 8. The second-order valence-electron chi connectivity index (χ2n) is 16.8. The van der Waals surface area contributed by atoms with Crippen LogP contribution in [0.4, 0.5) is 0 Å². The van der Waals surface area contributed by atoms with Gasteiger partial charge in [0.1, 0.15) is 23.0 Å². The topological polar surface area (TPSA) is 108 Å². The fourth-order valence-electron chi connectivity index (χ4n) is 7.87. The van der Waals surface area contributed by atoms with E-state index in [0.717, 1.165) is 44.9 Å². The second-order valence-corrected chi connectivity index (χ2v) is 17.0. The van der Waals surface area contributed by atoms with Gasteiger partial charge in [0.15, 0.2) is 0 Å². The van der Waals surface area contributed by atoms with Crippen molar-refractivity contribution >= 4 is 23.2 Å². The smallest absolute Gasteiger partial charge is 0.268 e. The van der Waals surface area contributed by atoms with Crippen LogP contribution < -0.4 is 18.9 Å². The van der Waals surface area contributed by atoms with Gasteiger partial charge in [0, 0.05) is 39.8 Å². The molecule has 2 heterocycles. The molecule has 0 N–H and O–H groups in total. The van der Waals surface area contributed by atoms with Gasteiger partial charge in [-0.1, -0.05) is 169 Å². The number of para-hydroxylation sites is 4. The van der Waals surface area contributed by atoms with Crippen molar-refractivity contribution in [2.24, 2.45) is 0 Å². The lowest BCUT2D eigenvalue weighted by Crippen LogP contribution is -2.42. The number of alkyl halides is 1. The summed E-state index contributed by atoms with van der Waals surface area (Å²) >= 11 is 5.63. The van der Waals surface area contributed by atoms with Crippen LogP contribution in [0.2, 0.25) is 0 Å². The van der Waals surface area contributed by atoms with Crippen LogP contribution in [0, 0.1) is 36.0 Å². The van der Waals surface area contributed by atoms with Crippen LogP contribution in [0.5, 0.6) is 23.0 Å². The van der Waals surface area contributed by atoms with E-state index in [1.54, 1.807) is 75.9 Å². The Morgan fingerprint density at radius 1 is 0.468 bits per heavy atom. The summed E-state index contributed by atoms with van der Waals surface area (Å²) in [6.45, 7) is 1.49. The van der Waals surface area contributed by atoms with Gasteiger partial charge in [-0.15, -0.1) is 18.0 Å². The number of carbonyl (C=O) groups excluding carboxylic acids is 2. The maximum absolute atomic E-state index is 12.9. The number of ketones is 2. The minimum Gasteiger partial charge on any atom is -0.496 e. The van der Waals surface area contributed by atoms with Crippen LogP contribution in [0.3, 0.4) is 0 Å². The highest BCUT2D eigenvalue weighted by Crippen LogP contribution is 2.39. The summed E-state index contributed by atoms with van der Waals surface area (Å²) in [5, 5.41) is 0. The summed E-state index contributed by atoms with van der Waals surface area (Å²) in [5.74, 6) is 14.3. The largest absolute Gasteiger partial charge is 0.496 e. The minimum atomic E-state index is -1.75. The summed E-state index contributed by atoms with van der Waals surface area (Å²) in [7, 11) is 6.45. The number of hydrogen-bond donors (Lipinski definition) is 0. The van der Waals surface area contributed by atoms with Gasteiger partial charge in [-0.2, -0.15) is 0 Å². The highest BCUT2D eigenvalue weighted by molar-refractivity contribution is 6.46. The fourth-order valence-corrected chi connectivity index (χ4v) is 8.09. The molecule has 0 atom stereocenters. The van der Waals surface area contributed by atoms with Crippen molar-refractivity contribution in [3.05, 3.63) is 263 Å². The van der Waals surface area contributed by atoms with Crippen LogP contribution in [-0.2, 0) is 47.6 Å². The Hall–Kier alpha value is -8.89. The van der Waals surface area contributed by atoms with E-state index in [4.69, 9.17) is 55.9 Å². The van der Waals surface area contributed by atoms with Gasteiger partial charge in [-0.05, 0) is 78.7 Å². The zero-order chi connectivity index (χ0) is 56.0. The molecule has 8 aromatic rings. The van der Waals surface area contributed by atoms with E-state index in [9.17, 15) is 9.59 Å². The molecule has 10 nitrogen and oxygen atoms in total. The molecule has 2 saturated heterocycles. The lowest BCUT2D eigenvalue weighted by molar-refractivity contribution is -0.180. The lowest BCUT2D eigenvalue weighted by atomic mass is 9.94. The summed E-state index contributed by atoms with van der Waals surface area (Å²) in [4.78, 5) is 25.4. The Morgan fingerprint density at radius 2 is 0.861 bits per heavy atom. The van der Waals surface area contributed by atoms with Gasteiger partial charge in [-0.25, -0.2) is 0 Å². The van der Waals surface area contributed by atoms with Crippen molar-refractivity contribution in [3.63, 3.8) is 0 Å². The van der Waals surface area contributed by atoms with Gasteiger partial charge in [0.25, 0.3) is 17.4 Å². The fraction of sp³-hybridized carbons (Fsp3) is 0.176. The molecule has 0 bridgehead atoms. The predicted octanol–water partition coefficient (Wildman–Crippen LogP) is 12.7.